The van der Waals surface area contributed by atoms with Gasteiger partial charge in [-0.1, -0.05) is 15.9 Å². The van der Waals surface area contributed by atoms with Gasteiger partial charge in [-0.05, 0) is 38.0 Å². The average Bonchev–Trinajstić information content (AvgIpc) is 2.77. The van der Waals surface area contributed by atoms with Crippen LogP contribution in [0.25, 0.3) is 0 Å². The van der Waals surface area contributed by atoms with Gasteiger partial charge in [0, 0.05) is 11.1 Å². The van der Waals surface area contributed by atoms with Gasteiger partial charge in [-0.25, -0.2) is 17.9 Å². The molecule has 0 aromatic heterocycles. The summed E-state index contributed by atoms with van der Waals surface area (Å²) in [5.74, 6) is -1.17. The molecule has 6 nitrogen and oxygen atoms in total. The van der Waals surface area contributed by atoms with Crippen molar-refractivity contribution in [1.82, 2.24) is 4.72 Å². The molecule has 116 valence electrons. The molecule has 1 atom stereocenters. The van der Waals surface area contributed by atoms with E-state index in [9.17, 15) is 13.2 Å². The maximum absolute atomic E-state index is 12.5. The largest absolute Gasteiger partial charge is 0.478 e. The number of halogens is 1. The van der Waals surface area contributed by atoms with Crippen LogP contribution in [0.1, 0.15) is 29.3 Å². The van der Waals surface area contributed by atoms with Gasteiger partial charge in [0.05, 0.1) is 22.6 Å². The Morgan fingerprint density at radius 2 is 2.14 bits per heavy atom. The van der Waals surface area contributed by atoms with Gasteiger partial charge in [0.2, 0.25) is 10.0 Å². The average molecular weight is 378 g/mol. The number of hydrogen-bond acceptors (Lipinski definition) is 4. The fourth-order valence-corrected chi connectivity index (χ4v) is 4.25. The first-order valence-corrected chi connectivity index (χ1v) is 8.57. The van der Waals surface area contributed by atoms with Crippen LogP contribution in [-0.4, -0.2) is 38.2 Å². The molecule has 1 unspecified atom stereocenters. The molecule has 0 aliphatic carbocycles. The molecule has 21 heavy (non-hydrogen) atoms. The third kappa shape index (κ3) is 3.45. The molecule has 1 aliphatic rings. The Morgan fingerprint density at radius 1 is 1.48 bits per heavy atom. The van der Waals surface area contributed by atoms with Crippen molar-refractivity contribution in [1.29, 1.82) is 0 Å². The van der Waals surface area contributed by atoms with Crippen LogP contribution in [0.2, 0.25) is 0 Å². The molecule has 0 bridgehead atoms. The molecule has 8 heteroatoms. The van der Waals surface area contributed by atoms with E-state index in [1.807, 2.05) is 0 Å². The third-order valence-corrected chi connectivity index (χ3v) is 5.90. The van der Waals surface area contributed by atoms with E-state index in [4.69, 9.17) is 9.84 Å². The van der Waals surface area contributed by atoms with E-state index in [0.29, 0.717) is 29.7 Å². The summed E-state index contributed by atoms with van der Waals surface area (Å²) >= 11 is 3.20. The topological polar surface area (TPSA) is 92.7 Å². The van der Waals surface area contributed by atoms with Gasteiger partial charge in [-0.2, -0.15) is 0 Å². The highest BCUT2D eigenvalue weighted by atomic mass is 79.9. The summed E-state index contributed by atoms with van der Waals surface area (Å²) in [5, 5.41) is 9.16. The molecule has 1 aliphatic heterocycles. The van der Waals surface area contributed by atoms with Gasteiger partial charge < -0.3 is 9.84 Å². The zero-order chi connectivity index (χ0) is 15.8. The molecular weight excluding hydrogens is 362 g/mol. The smallest absolute Gasteiger partial charge is 0.336 e. The predicted octanol–water partition coefficient (Wildman–Crippen LogP) is 1.91. The first-order valence-electron chi connectivity index (χ1n) is 6.30. The molecule has 1 aromatic rings. The summed E-state index contributed by atoms with van der Waals surface area (Å²) in [6, 6.07) is 2.58. The van der Waals surface area contributed by atoms with Gasteiger partial charge >= 0.3 is 5.97 Å². The fraction of sp³-hybridized carbons (Fsp3) is 0.462. The second kappa shape index (κ2) is 5.68. The summed E-state index contributed by atoms with van der Waals surface area (Å²) in [5.41, 5.74) is -0.228. The SMILES string of the molecule is Cc1c(Br)cc(S(=O)(=O)NC2(C)CCOC2)cc1C(=O)O. The molecule has 1 aromatic carbocycles. The lowest BCUT2D eigenvalue weighted by Gasteiger charge is -2.23. The summed E-state index contributed by atoms with van der Waals surface area (Å²) in [6.07, 6.45) is 0.574. The number of carboxylic acids is 1. The quantitative estimate of drug-likeness (QED) is 0.835. The van der Waals surface area contributed by atoms with E-state index in [1.54, 1.807) is 13.8 Å². The number of rotatable bonds is 4. The Morgan fingerprint density at radius 3 is 2.67 bits per heavy atom. The van der Waals surface area contributed by atoms with Gasteiger partial charge in [-0.3, -0.25) is 0 Å². The van der Waals surface area contributed by atoms with Crippen molar-refractivity contribution in [3.63, 3.8) is 0 Å². The Labute approximate surface area is 131 Å². The minimum Gasteiger partial charge on any atom is -0.478 e. The first-order chi connectivity index (χ1) is 9.65. The number of sulfonamides is 1. The molecule has 2 N–H and O–H groups in total. The summed E-state index contributed by atoms with van der Waals surface area (Å²) in [7, 11) is -3.82. The summed E-state index contributed by atoms with van der Waals surface area (Å²) < 4.78 is 33.2. The molecule has 0 amide bonds. The highest BCUT2D eigenvalue weighted by Crippen LogP contribution is 2.27. The highest BCUT2D eigenvalue weighted by molar-refractivity contribution is 9.10. The van der Waals surface area contributed by atoms with E-state index in [1.165, 1.54) is 12.1 Å². The van der Waals surface area contributed by atoms with Crippen LogP contribution >= 0.6 is 15.9 Å². The van der Waals surface area contributed by atoms with Gasteiger partial charge in [-0.15, -0.1) is 0 Å². The van der Waals surface area contributed by atoms with E-state index >= 15 is 0 Å². The zero-order valence-corrected chi connectivity index (χ0v) is 14.0. The van der Waals surface area contributed by atoms with Crippen LogP contribution in [0.5, 0.6) is 0 Å². The van der Waals surface area contributed by atoms with Crippen LogP contribution in [0, 0.1) is 6.92 Å². The lowest BCUT2D eigenvalue weighted by Crippen LogP contribution is -2.46. The fourth-order valence-electron chi connectivity index (χ4n) is 2.16. The van der Waals surface area contributed by atoms with Crippen LogP contribution in [0.15, 0.2) is 21.5 Å². The molecule has 0 spiro atoms. The predicted molar refractivity (Wildman–Crippen MR) is 80.0 cm³/mol. The molecule has 1 saturated heterocycles. The number of carbonyl (C=O) groups is 1. The maximum atomic E-state index is 12.5. The minimum absolute atomic E-state index is 0.0439. The van der Waals surface area contributed by atoms with Crippen molar-refractivity contribution in [2.24, 2.45) is 0 Å². The number of nitrogens with one attached hydrogen (secondary N) is 1. The molecule has 1 fully saturated rings. The van der Waals surface area contributed by atoms with Gasteiger partial charge in [0.15, 0.2) is 0 Å². The van der Waals surface area contributed by atoms with E-state index < -0.39 is 21.5 Å². The normalized spacial score (nSPS) is 22.4. The monoisotopic (exact) mass is 377 g/mol. The van der Waals surface area contributed by atoms with Crippen LogP contribution in [0.4, 0.5) is 0 Å². The van der Waals surface area contributed by atoms with Crippen molar-refractivity contribution < 1.29 is 23.1 Å². The van der Waals surface area contributed by atoms with Crippen molar-refractivity contribution in [2.75, 3.05) is 13.2 Å². The zero-order valence-electron chi connectivity index (χ0n) is 11.6. The Kier molecular flexibility index (Phi) is 4.44. The first kappa shape index (κ1) is 16.4. The lowest BCUT2D eigenvalue weighted by molar-refractivity contribution is 0.0695. The van der Waals surface area contributed by atoms with E-state index in [-0.39, 0.29) is 10.5 Å². The van der Waals surface area contributed by atoms with Crippen molar-refractivity contribution in [3.8, 4) is 0 Å². The van der Waals surface area contributed by atoms with Crippen LogP contribution < -0.4 is 4.72 Å². The summed E-state index contributed by atoms with van der Waals surface area (Å²) in [4.78, 5) is 11.1. The molecule has 0 saturated carbocycles. The second-order valence-electron chi connectivity index (χ2n) is 5.35. The number of hydrogen-bond donors (Lipinski definition) is 2. The third-order valence-electron chi connectivity index (χ3n) is 3.46. The summed E-state index contributed by atoms with van der Waals surface area (Å²) in [6.45, 7) is 4.17. The van der Waals surface area contributed by atoms with Crippen molar-refractivity contribution >= 4 is 31.9 Å². The maximum Gasteiger partial charge on any atom is 0.336 e. The molecule has 0 radical (unpaired) electrons. The standard InChI is InChI=1S/C13H16BrNO5S/c1-8-10(12(16)17)5-9(6-11(8)14)21(18,19)15-13(2)3-4-20-7-13/h5-6,15H,3-4,7H2,1-2H3,(H,16,17). The van der Waals surface area contributed by atoms with Crippen molar-refractivity contribution in [2.45, 2.75) is 30.7 Å². The molecule has 1 heterocycles. The highest BCUT2D eigenvalue weighted by Gasteiger charge is 2.35. The number of benzene rings is 1. The van der Waals surface area contributed by atoms with Crippen molar-refractivity contribution in [3.05, 3.63) is 27.7 Å². The van der Waals surface area contributed by atoms with Crippen LogP contribution in [-0.2, 0) is 14.8 Å². The van der Waals surface area contributed by atoms with Crippen LogP contribution in [0.3, 0.4) is 0 Å². The molecule has 2 rings (SSSR count). The van der Waals surface area contributed by atoms with Gasteiger partial charge in [0.25, 0.3) is 0 Å². The number of ether oxygens (including phenoxy) is 1. The number of aromatic carboxylic acids is 1. The van der Waals surface area contributed by atoms with E-state index in [2.05, 4.69) is 20.7 Å². The Bertz CT molecular complexity index is 680. The lowest BCUT2D eigenvalue weighted by atomic mass is 10.0. The molecular formula is C13H16BrNO5S. The number of carboxylic acid groups (broad SMARTS) is 1. The van der Waals surface area contributed by atoms with E-state index in [0.717, 1.165) is 0 Å². The van der Waals surface area contributed by atoms with Gasteiger partial charge in [0.1, 0.15) is 0 Å². The Balaban J connectivity index is 2.43. The minimum atomic E-state index is -3.82. The second-order valence-corrected chi connectivity index (χ2v) is 7.89. The Hall–Kier alpha value is -0.960.